The highest BCUT2D eigenvalue weighted by Crippen LogP contribution is 2.08. The minimum Gasteiger partial charge on any atom is -0.369 e. The molecule has 4 N–H and O–H groups in total. The SMILES string of the molecule is CCCCN(CC(N)=O)S(=O)(=O)N(C)CCCN. The summed E-state index contributed by atoms with van der Waals surface area (Å²) in [7, 11) is -2.15. The smallest absolute Gasteiger partial charge is 0.282 e. The van der Waals surface area contributed by atoms with Gasteiger partial charge in [-0.3, -0.25) is 4.79 Å². The average molecular weight is 280 g/mol. The maximum absolute atomic E-state index is 12.2. The normalized spacial score (nSPS) is 12.3. The highest BCUT2D eigenvalue weighted by Gasteiger charge is 2.27. The minimum atomic E-state index is -3.63. The van der Waals surface area contributed by atoms with E-state index in [4.69, 9.17) is 11.5 Å². The molecule has 0 fully saturated rings. The Morgan fingerprint density at radius 1 is 1.22 bits per heavy atom. The molecule has 0 unspecified atom stereocenters. The van der Waals surface area contributed by atoms with E-state index in [1.165, 1.54) is 11.4 Å². The number of rotatable bonds is 10. The Morgan fingerprint density at radius 2 is 1.83 bits per heavy atom. The van der Waals surface area contributed by atoms with Crippen LogP contribution in [0.3, 0.4) is 0 Å². The van der Waals surface area contributed by atoms with Crippen LogP contribution in [0.25, 0.3) is 0 Å². The summed E-state index contributed by atoms with van der Waals surface area (Å²) in [4.78, 5) is 10.9. The number of primary amides is 1. The van der Waals surface area contributed by atoms with Crippen molar-refractivity contribution >= 4 is 16.1 Å². The highest BCUT2D eigenvalue weighted by atomic mass is 32.2. The fourth-order valence-corrected chi connectivity index (χ4v) is 2.81. The van der Waals surface area contributed by atoms with Crippen LogP contribution in [0.4, 0.5) is 0 Å². The lowest BCUT2D eigenvalue weighted by molar-refractivity contribution is -0.118. The molecule has 0 aromatic rings. The first-order valence-corrected chi connectivity index (χ1v) is 7.45. The summed E-state index contributed by atoms with van der Waals surface area (Å²) >= 11 is 0. The van der Waals surface area contributed by atoms with E-state index in [1.807, 2.05) is 6.92 Å². The zero-order valence-electron chi connectivity index (χ0n) is 11.1. The van der Waals surface area contributed by atoms with Gasteiger partial charge in [0.15, 0.2) is 0 Å². The second-order valence-electron chi connectivity index (χ2n) is 4.12. The quantitative estimate of drug-likeness (QED) is 0.540. The number of amides is 1. The van der Waals surface area contributed by atoms with Crippen LogP contribution in [-0.4, -0.2) is 56.2 Å². The summed E-state index contributed by atoms with van der Waals surface area (Å²) in [5.41, 5.74) is 10.4. The van der Waals surface area contributed by atoms with E-state index in [2.05, 4.69) is 0 Å². The first-order chi connectivity index (χ1) is 8.36. The Kier molecular flexibility index (Phi) is 8.08. The summed E-state index contributed by atoms with van der Waals surface area (Å²) in [5, 5.41) is 0. The number of nitrogens with two attached hydrogens (primary N) is 2. The van der Waals surface area contributed by atoms with E-state index in [0.717, 1.165) is 10.7 Å². The fraction of sp³-hybridized carbons (Fsp3) is 0.900. The van der Waals surface area contributed by atoms with E-state index in [9.17, 15) is 13.2 Å². The molecular weight excluding hydrogens is 256 g/mol. The lowest BCUT2D eigenvalue weighted by atomic mass is 10.3. The second kappa shape index (κ2) is 8.41. The monoisotopic (exact) mass is 280 g/mol. The first kappa shape index (κ1) is 17.3. The number of hydrogen-bond acceptors (Lipinski definition) is 4. The van der Waals surface area contributed by atoms with Crippen LogP contribution in [0.15, 0.2) is 0 Å². The van der Waals surface area contributed by atoms with Crippen LogP contribution < -0.4 is 11.5 Å². The molecule has 1 amide bonds. The number of carbonyl (C=O) groups is 1. The molecule has 18 heavy (non-hydrogen) atoms. The van der Waals surface area contributed by atoms with Gasteiger partial charge in [0, 0.05) is 20.1 Å². The van der Waals surface area contributed by atoms with Crippen LogP contribution >= 0.6 is 0 Å². The Morgan fingerprint density at radius 3 is 2.28 bits per heavy atom. The third-order valence-electron chi connectivity index (χ3n) is 2.49. The van der Waals surface area contributed by atoms with Crippen molar-refractivity contribution in [2.75, 3.05) is 33.2 Å². The second-order valence-corrected chi connectivity index (χ2v) is 6.16. The van der Waals surface area contributed by atoms with Crippen molar-refractivity contribution in [2.24, 2.45) is 11.5 Å². The Labute approximate surface area is 109 Å². The number of carbonyl (C=O) groups excluding carboxylic acids is 1. The van der Waals surface area contributed by atoms with Gasteiger partial charge in [0.25, 0.3) is 10.2 Å². The molecule has 0 heterocycles. The summed E-state index contributed by atoms with van der Waals surface area (Å²) in [6.45, 7) is 2.72. The number of unbranched alkanes of at least 4 members (excludes halogenated alkanes) is 1. The van der Waals surface area contributed by atoms with Gasteiger partial charge >= 0.3 is 0 Å². The molecule has 0 aromatic carbocycles. The largest absolute Gasteiger partial charge is 0.369 e. The lowest BCUT2D eigenvalue weighted by Crippen LogP contribution is -2.46. The molecule has 8 heteroatoms. The average Bonchev–Trinajstić information content (AvgIpc) is 2.30. The molecule has 0 spiro atoms. The van der Waals surface area contributed by atoms with Gasteiger partial charge in [0.05, 0.1) is 6.54 Å². The van der Waals surface area contributed by atoms with Gasteiger partial charge in [0.1, 0.15) is 0 Å². The van der Waals surface area contributed by atoms with Crippen LogP contribution in [0.5, 0.6) is 0 Å². The van der Waals surface area contributed by atoms with Crippen molar-refractivity contribution in [1.29, 1.82) is 0 Å². The third-order valence-corrected chi connectivity index (χ3v) is 4.43. The third kappa shape index (κ3) is 5.76. The zero-order chi connectivity index (χ0) is 14.2. The Bertz CT molecular complexity index is 345. The van der Waals surface area contributed by atoms with Gasteiger partial charge in [-0.25, -0.2) is 0 Å². The fourth-order valence-electron chi connectivity index (χ4n) is 1.41. The van der Waals surface area contributed by atoms with E-state index in [0.29, 0.717) is 32.5 Å². The van der Waals surface area contributed by atoms with Crippen molar-refractivity contribution in [1.82, 2.24) is 8.61 Å². The van der Waals surface area contributed by atoms with Gasteiger partial charge in [-0.05, 0) is 19.4 Å². The maximum Gasteiger partial charge on any atom is 0.282 e. The van der Waals surface area contributed by atoms with Gasteiger partial charge in [-0.2, -0.15) is 17.0 Å². The Balaban J connectivity index is 4.76. The molecule has 0 bridgehead atoms. The van der Waals surface area contributed by atoms with E-state index in [1.54, 1.807) is 0 Å². The molecule has 0 rings (SSSR count). The topological polar surface area (TPSA) is 110 Å². The highest BCUT2D eigenvalue weighted by molar-refractivity contribution is 7.86. The Hall–Kier alpha value is -0.700. The van der Waals surface area contributed by atoms with Gasteiger partial charge in [-0.15, -0.1) is 0 Å². The van der Waals surface area contributed by atoms with Crippen LogP contribution in [-0.2, 0) is 15.0 Å². The van der Waals surface area contributed by atoms with Crippen molar-refractivity contribution in [3.8, 4) is 0 Å². The molecule has 7 nitrogen and oxygen atoms in total. The predicted molar refractivity (Wildman–Crippen MR) is 70.9 cm³/mol. The molecule has 0 saturated heterocycles. The molecule has 0 atom stereocenters. The van der Waals surface area contributed by atoms with Crippen molar-refractivity contribution < 1.29 is 13.2 Å². The van der Waals surface area contributed by atoms with Gasteiger partial charge in [0.2, 0.25) is 5.91 Å². The maximum atomic E-state index is 12.2. The number of hydrogen-bond donors (Lipinski definition) is 2. The molecule has 0 aliphatic heterocycles. The van der Waals surface area contributed by atoms with E-state index < -0.39 is 16.1 Å². The molecule has 0 aliphatic rings. The molecule has 0 radical (unpaired) electrons. The summed E-state index contributed by atoms with van der Waals surface area (Å²) in [5.74, 6) is -0.651. The van der Waals surface area contributed by atoms with Crippen LogP contribution in [0.2, 0.25) is 0 Å². The lowest BCUT2D eigenvalue weighted by Gasteiger charge is -2.26. The minimum absolute atomic E-state index is 0.282. The molecular formula is C10H24N4O3S. The van der Waals surface area contributed by atoms with Crippen molar-refractivity contribution in [3.05, 3.63) is 0 Å². The van der Waals surface area contributed by atoms with E-state index in [-0.39, 0.29) is 6.54 Å². The predicted octanol–water partition coefficient (Wildman–Crippen LogP) is -0.901. The standard InChI is InChI=1S/C10H24N4O3S/c1-3-4-8-14(9-10(12)15)18(16,17)13(2)7-5-6-11/h3-9,11H2,1-2H3,(H2,12,15). The molecule has 0 aromatic heterocycles. The van der Waals surface area contributed by atoms with Crippen LogP contribution in [0.1, 0.15) is 26.2 Å². The van der Waals surface area contributed by atoms with Crippen LogP contribution in [0, 0.1) is 0 Å². The number of nitrogens with zero attached hydrogens (tertiary/aromatic N) is 2. The van der Waals surface area contributed by atoms with Gasteiger partial charge in [-0.1, -0.05) is 13.3 Å². The summed E-state index contributed by atoms with van der Waals surface area (Å²) < 4.78 is 26.7. The van der Waals surface area contributed by atoms with Crippen molar-refractivity contribution in [2.45, 2.75) is 26.2 Å². The molecule has 108 valence electrons. The molecule has 0 aliphatic carbocycles. The first-order valence-electron chi connectivity index (χ1n) is 6.06. The summed E-state index contributed by atoms with van der Waals surface area (Å²) in [6, 6.07) is 0. The van der Waals surface area contributed by atoms with Crippen molar-refractivity contribution in [3.63, 3.8) is 0 Å². The van der Waals surface area contributed by atoms with E-state index >= 15 is 0 Å². The summed E-state index contributed by atoms with van der Waals surface area (Å²) in [6.07, 6.45) is 2.11. The van der Waals surface area contributed by atoms with Gasteiger partial charge < -0.3 is 11.5 Å². The molecule has 0 saturated carbocycles. The zero-order valence-corrected chi connectivity index (χ0v) is 11.9.